The fraction of sp³-hybridized carbons (Fsp3) is 0.435. The number of hydrogen-bond acceptors (Lipinski definition) is 5. The zero-order chi connectivity index (χ0) is 23.6. The highest BCUT2D eigenvalue weighted by Gasteiger charge is 2.47. The molecule has 2 N–H and O–H groups in total. The Morgan fingerprint density at radius 1 is 1.24 bits per heavy atom. The Kier molecular flexibility index (Phi) is 5.00. The van der Waals surface area contributed by atoms with Gasteiger partial charge in [0.25, 0.3) is 11.8 Å². The average Bonchev–Trinajstić information content (AvgIpc) is 3.10. The number of halogens is 2. The van der Waals surface area contributed by atoms with E-state index in [1.54, 1.807) is 11.8 Å². The minimum Gasteiger partial charge on any atom is -0.503 e. The molecule has 1 aromatic heterocycles. The van der Waals surface area contributed by atoms with Crippen molar-refractivity contribution in [2.45, 2.75) is 64.1 Å². The highest BCUT2D eigenvalue weighted by atomic mass is 19.1. The van der Waals surface area contributed by atoms with Crippen molar-refractivity contribution in [2.75, 3.05) is 0 Å². The van der Waals surface area contributed by atoms with Crippen LogP contribution >= 0.6 is 0 Å². The number of nitrogens with zero attached hydrogens (tertiary/aromatic N) is 2. The molecule has 8 nitrogen and oxygen atoms in total. The number of ether oxygens (including phenoxy) is 1. The van der Waals surface area contributed by atoms with Gasteiger partial charge < -0.3 is 24.6 Å². The Morgan fingerprint density at radius 3 is 2.64 bits per heavy atom. The van der Waals surface area contributed by atoms with Crippen molar-refractivity contribution < 1.29 is 28.2 Å². The van der Waals surface area contributed by atoms with Gasteiger partial charge in [0.2, 0.25) is 5.43 Å². The summed E-state index contributed by atoms with van der Waals surface area (Å²) in [4.78, 5) is 40.3. The number of aromatic hydroxyl groups is 1. The molecular formula is C23H23F2N3O5. The van der Waals surface area contributed by atoms with Crippen LogP contribution in [-0.2, 0) is 11.3 Å². The molecule has 0 spiro atoms. The minimum atomic E-state index is -1.09. The number of benzene rings is 1. The molecule has 0 radical (unpaired) electrons. The summed E-state index contributed by atoms with van der Waals surface area (Å²) in [6.45, 7) is 3.08. The number of carbonyl (C=O) groups is 2. The summed E-state index contributed by atoms with van der Waals surface area (Å²) in [5.74, 6) is -3.90. The van der Waals surface area contributed by atoms with E-state index >= 15 is 0 Å². The molecule has 174 valence electrons. The lowest BCUT2D eigenvalue weighted by molar-refractivity contribution is -0.132. The van der Waals surface area contributed by atoms with Crippen LogP contribution in [0.1, 0.15) is 64.2 Å². The molecular weight excluding hydrogens is 436 g/mol. The zero-order valence-electron chi connectivity index (χ0n) is 18.1. The largest absolute Gasteiger partial charge is 0.503 e. The van der Waals surface area contributed by atoms with Gasteiger partial charge in [0.05, 0.1) is 18.7 Å². The Morgan fingerprint density at radius 2 is 1.94 bits per heavy atom. The smallest absolute Gasteiger partial charge is 0.276 e. The molecule has 2 aromatic rings. The maximum atomic E-state index is 14.3. The standard InChI is InChI=1S/C23H23F2N3O5/c1-10-5-15(24)18(16(25)6-10)11(2)26-22(31)14-8-27-9-17-28(12-3-4-13(7-12)33-17)23(32)19(27)21(30)20(14)29/h5-6,8,11-13,17,30H,3-4,7,9H2,1-2H3,(H,26,31)/t11-,12-,13-,17-/m1/s1. The number of pyridine rings is 1. The fourth-order valence-electron chi connectivity index (χ4n) is 5.19. The third-order valence-electron chi connectivity index (χ3n) is 6.70. The van der Waals surface area contributed by atoms with Gasteiger partial charge in [-0.15, -0.1) is 0 Å². The van der Waals surface area contributed by atoms with Crippen molar-refractivity contribution in [3.8, 4) is 5.75 Å². The molecule has 1 aliphatic carbocycles. The number of amides is 2. The van der Waals surface area contributed by atoms with Crippen molar-refractivity contribution in [3.63, 3.8) is 0 Å². The van der Waals surface area contributed by atoms with Crippen LogP contribution in [0.3, 0.4) is 0 Å². The fourth-order valence-corrected chi connectivity index (χ4v) is 5.19. The molecule has 33 heavy (non-hydrogen) atoms. The number of aryl methyl sites for hydroxylation is 1. The van der Waals surface area contributed by atoms with E-state index in [0.717, 1.165) is 31.4 Å². The van der Waals surface area contributed by atoms with Crippen LogP contribution in [0.15, 0.2) is 23.1 Å². The average molecular weight is 459 g/mol. The summed E-state index contributed by atoms with van der Waals surface area (Å²) in [6, 6.07) is 1.20. The van der Waals surface area contributed by atoms with Crippen LogP contribution in [-0.4, -0.2) is 44.8 Å². The van der Waals surface area contributed by atoms with Gasteiger partial charge in [-0.05, 0) is 50.8 Å². The second kappa shape index (κ2) is 7.65. The lowest BCUT2D eigenvalue weighted by Crippen LogP contribution is -2.57. The summed E-state index contributed by atoms with van der Waals surface area (Å²) in [5.41, 5.74) is -1.60. The van der Waals surface area contributed by atoms with E-state index in [0.29, 0.717) is 5.56 Å². The van der Waals surface area contributed by atoms with Gasteiger partial charge in [-0.3, -0.25) is 14.4 Å². The molecule has 4 atom stereocenters. The van der Waals surface area contributed by atoms with Crippen LogP contribution in [0.5, 0.6) is 5.75 Å². The number of hydrogen-bond donors (Lipinski definition) is 2. The lowest BCUT2D eigenvalue weighted by Gasteiger charge is -2.44. The van der Waals surface area contributed by atoms with Crippen LogP contribution in [0, 0.1) is 18.6 Å². The SMILES string of the molecule is Cc1cc(F)c([C@@H](C)NC(=O)c2cn3c(c(O)c2=O)C(=O)N2[C@@H]4CC[C@H](C4)O[C@@H]2C3)c(F)c1. The normalized spacial score (nSPS) is 24.3. The minimum absolute atomic E-state index is 0.00683. The predicted octanol–water partition coefficient (Wildman–Crippen LogP) is 2.36. The Hall–Kier alpha value is -3.27. The molecule has 5 rings (SSSR count). The summed E-state index contributed by atoms with van der Waals surface area (Å²) >= 11 is 0. The van der Waals surface area contributed by atoms with E-state index in [9.17, 15) is 28.3 Å². The molecule has 3 aliphatic rings. The first-order chi connectivity index (χ1) is 15.7. The summed E-state index contributed by atoms with van der Waals surface area (Å²) in [5, 5.41) is 13.0. The van der Waals surface area contributed by atoms with Crippen LogP contribution in [0.4, 0.5) is 8.78 Å². The maximum absolute atomic E-state index is 14.3. The topological polar surface area (TPSA) is 101 Å². The van der Waals surface area contributed by atoms with Gasteiger partial charge in [0, 0.05) is 17.8 Å². The molecule has 1 saturated heterocycles. The molecule has 10 heteroatoms. The monoisotopic (exact) mass is 459 g/mol. The molecule has 2 fully saturated rings. The van der Waals surface area contributed by atoms with Gasteiger partial charge in [-0.2, -0.15) is 0 Å². The summed E-state index contributed by atoms with van der Waals surface area (Å²) in [7, 11) is 0. The number of aromatic nitrogens is 1. The van der Waals surface area contributed by atoms with E-state index in [1.165, 1.54) is 17.7 Å². The van der Waals surface area contributed by atoms with Gasteiger partial charge in [-0.25, -0.2) is 8.78 Å². The van der Waals surface area contributed by atoms with Gasteiger partial charge in [-0.1, -0.05) is 0 Å². The van der Waals surface area contributed by atoms with Gasteiger partial charge >= 0.3 is 0 Å². The quantitative estimate of drug-likeness (QED) is 0.734. The second-order valence-corrected chi connectivity index (χ2v) is 8.95. The molecule has 0 unspecified atom stereocenters. The summed E-state index contributed by atoms with van der Waals surface area (Å²) < 4.78 is 35.9. The Bertz CT molecular complexity index is 1220. The first kappa shape index (κ1) is 21.6. The van der Waals surface area contributed by atoms with Crippen molar-refractivity contribution in [3.05, 3.63) is 62.6 Å². The van der Waals surface area contributed by atoms with Crippen molar-refractivity contribution in [1.82, 2.24) is 14.8 Å². The molecule has 2 amide bonds. The zero-order valence-corrected chi connectivity index (χ0v) is 18.1. The van der Waals surface area contributed by atoms with E-state index in [4.69, 9.17) is 4.74 Å². The first-order valence-corrected chi connectivity index (χ1v) is 10.9. The molecule has 2 aliphatic heterocycles. The number of carbonyl (C=O) groups excluding carboxylic acids is 2. The van der Waals surface area contributed by atoms with Crippen molar-refractivity contribution in [2.24, 2.45) is 0 Å². The van der Waals surface area contributed by atoms with Crippen LogP contribution in [0.2, 0.25) is 0 Å². The highest BCUT2D eigenvalue weighted by molar-refractivity contribution is 5.99. The van der Waals surface area contributed by atoms with Crippen molar-refractivity contribution in [1.29, 1.82) is 0 Å². The number of rotatable bonds is 3. The van der Waals surface area contributed by atoms with E-state index in [-0.39, 0.29) is 29.9 Å². The van der Waals surface area contributed by atoms with E-state index in [2.05, 4.69) is 5.32 Å². The van der Waals surface area contributed by atoms with E-state index in [1.807, 2.05) is 0 Å². The number of fused-ring (bicyclic) bond motifs is 5. The van der Waals surface area contributed by atoms with Gasteiger partial charge in [0.15, 0.2) is 17.7 Å². The molecule has 1 aromatic carbocycles. The highest BCUT2D eigenvalue weighted by Crippen LogP contribution is 2.38. The van der Waals surface area contributed by atoms with Crippen LogP contribution in [0.25, 0.3) is 0 Å². The second-order valence-electron chi connectivity index (χ2n) is 8.95. The molecule has 2 bridgehead atoms. The predicted molar refractivity (Wildman–Crippen MR) is 112 cm³/mol. The number of nitrogens with one attached hydrogen (secondary N) is 1. The Labute approximate surface area is 187 Å². The summed E-state index contributed by atoms with van der Waals surface area (Å²) in [6.07, 6.45) is 3.05. The molecule has 1 saturated carbocycles. The first-order valence-electron chi connectivity index (χ1n) is 10.9. The van der Waals surface area contributed by atoms with Gasteiger partial charge in [0.1, 0.15) is 17.2 Å². The lowest BCUT2D eigenvalue weighted by atomic mass is 10.0. The van der Waals surface area contributed by atoms with Crippen molar-refractivity contribution >= 4 is 11.8 Å². The third kappa shape index (κ3) is 3.40. The van der Waals surface area contributed by atoms with E-state index < -0.39 is 52.5 Å². The Balaban J connectivity index is 1.47. The third-order valence-corrected chi connectivity index (χ3v) is 6.70. The maximum Gasteiger partial charge on any atom is 0.276 e. The molecule has 3 heterocycles. The van der Waals surface area contributed by atoms with Crippen LogP contribution < -0.4 is 10.7 Å².